The molecule has 1 aromatic heterocycles. The van der Waals surface area contributed by atoms with Crippen molar-refractivity contribution in [1.29, 1.82) is 0 Å². The number of methoxy groups -OCH3 is 1. The molecule has 160 valence electrons. The van der Waals surface area contributed by atoms with Gasteiger partial charge in [0, 0.05) is 5.56 Å². The lowest BCUT2D eigenvalue weighted by molar-refractivity contribution is -0.590. The predicted molar refractivity (Wildman–Crippen MR) is 121 cm³/mol. The Morgan fingerprint density at radius 1 is 0.968 bits per heavy atom. The summed E-state index contributed by atoms with van der Waals surface area (Å²) >= 11 is 1.72. The number of aromatic nitrogens is 1. The Bertz CT molecular complexity index is 1140. The summed E-state index contributed by atoms with van der Waals surface area (Å²) in [4.78, 5) is 17.1. The first kappa shape index (κ1) is 18.6. The maximum absolute atomic E-state index is 6.17. The minimum absolute atomic E-state index is 0.188. The molecule has 1 spiro atoms. The van der Waals surface area contributed by atoms with E-state index in [-0.39, 0.29) is 5.60 Å². The van der Waals surface area contributed by atoms with Crippen molar-refractivity contribution in [2.75, 3.05) is 7.11 Å². The molecule has 5 aliphatic rings. The molecule has 4 saturated carbocycles. The lowest BCUT2D eigenvalue weighted by Gasteiger charge is -2.69. The van der Waals surface area contributed by atoms with Crippen LogP contribution >= 0.6 is 11.3 Å². The Balaban J connectivity index is 1.35. The zero-order valence-electron chi connectivity index (χ0n) is 18.0. The van der Waals surface area contributed by atoms with Gasteiger partial charge in [-0.1, -0.05) is 30.3 Å². The molecule has 0 amide bonds. The highest BCUT2D eigenvalue weighted by Crippen LogP contribution is 2.69. The van der Waals surface area contributed by atoms with Crippen molar-refractivity contribution in [1.82, 2.24) is 4.98 Å². The van der Waals surface area contributed by atoms with Crippen LogP contribution < -0.4 is 4.74 Å². The Labute approximate surface area is 186 Å². The smallest absolute Gasteiger partial charge is 0.158 e. The molecule has 1 aliphatic heterocycles. The summed E-state index contributed by atoms with van der Waals surface area (Å²) in [7, 11) is 1.74. The van der Waals surface area contributed by atoms with Crippen LogP contribution in [0.2, 0.25) is 0 Å². The van der Waals surface area contributed by atoms with E-state index >= 15 is 0 Å². The van der Waals surface area contributed by atoms with Crippen LogP contribution in [0.1, 0.15) is 44.6 Å². The zero-order chi connectivity index (χ0) is 20.8. The minimum atomic E-state index is -0.437. The van der Waals surface area contributed by atoms with E-state index in [1.54, 1.807) is 18.4 Å². The van der Waals surface area contributed by atoms with Gasteiger partial charge in [0.25, 0.3) is 0 Å². The number of ether oxygens (including phenoxy) is 1. The number of rotatable bonds is 3. The topological polar surface area (TPSA) is 40.6 Å². The van der Waals surface area contributed by atoms with Gasteiger partial charge in [-0.3, -0.25) is 0 Å². The SMILES string of the molecule is COc1cc(C2(C)OOC23C2CC4CC(C2)CC3C4)cc2sc(-c3ccccc3)nc12. The Kier molecular flexibility index (Phi) is 3.78. The zero-order valence-corrected chi connectivity index (χ0v) is 18.8. The van der Waals surface area contributed by atoms with Gasteiger partial charge in [0.05, 0.1) is 11.8 Å². The van der Waals surface area contributed by atoms with Crippen LogP contribution in [0, 0.1) is 23.7 Å². The molecule has 1 atom stereocenters. The number of hydrogen-bond acceptors (Lipinski definition) is 5. The van der Waals surface area contributed by atoms with E-state index in [4.69, 9.17) is 19.5 Å². The minimum Gasteiger partial charge on any atom is -0.494 e. The Hall–Kier alpha value is -1.95. The van der Waals surface area contributed by atoms with Crippen molar-refractivity contribution in [2.24, 2.45) is 23.7 Å². The summed E-state index contributed by atoms with van der Waals surface area (Å²) in [6.45, 7) is 2.25. The van der Waals surface area contributed by atoms with Crippen molar-refractivity contribution < 1.29 is 14.5 Å². The Morgan fingerprint density at radius 2 is 1.68 bits per heavy atom. The molecule has 1 saturated heterocycles. The van der Waals surface area contributed by atoms with Gasteiger partial charge >= 0.3 is 0 Å². The fourth-order valence-corrected chi connectivity index (χ4v) is 8.50. The number of thiazole rings is 1. The molecule has 4 aliphatic carbocycles. The van der Waals surface area contributed by atoms with Gasteiger partial charge in [-0.15, -0.1) is 11.3 Å². The highest BCUT2D eigenvalue weighted by atomic mass is 32.1. The van der Waals surface area contributed by atoms with E-state index in [1.165, 1.54) is 37.7 Å². The van der Waals surface area contributed by atoms with Crippen LogP contribution in [0.4, 0.5) is 0 Å². The highest BCUT2D eigenvalue weighted by Gasteiger charge is 2.73. The van der Waals surface area contributed by atoms with Gasteiger partial charge < -0.3 is 4.74 Å². The first-order valence-corrected chi connectivity index (χ1v) is 12.3. The molecule has 4 bridgehead atoms. The molecule has 1 unspecified atom stereocenters. The number of hydrogen-bond donors (Lipinski definition) is 0. The van der Waals surface area contributed by atoms with Gasteiger partial charge in [0.15, 0.2) is 5.60 Å². The average Bonchev–Trinajstić information content (AvgIpc) is 3.21. The third kappa shape index (κ3) is 2.35. The van der Waals surface area contributed by atoms with E-state index in [0.717, 1.165) is 38.4 Å². The van der Waals surface area contributed by atoms with Crippen molar-refractivity contribution in [3.8, 4) is 16.3 Å². The van der Waals surface area contributed by atoms with Gasteiger partial charge in [0.1, 0.15) is 21.9 Å². The second-order valence-electron chi connectivity index (χ2n) is 10.2. The van der Waals surface area contributed by atoms with Gasteiger partial charge in [0.2, 0.25) is 0 Å². The molecule has 3 aromatic rings. The summed E-state index contributed by atoms with van der Waals surface area (Å²) in [6, 6.07) is 14.8. The number of nitrogens with zero attached hydrogens (tertiary/aromatic N) is 1. The molecule has 4 nitrogen and oxygen atoms in total. The lowest BCUT2D eigenvalue weighted by Crippen LogP contribution is -2.74. The summed E-state index contributed by atoms with van der Waals surface area (Å²) in [5.74, 6) is 3.82. The molecule has 2 heterocycles. The van der Waals surface area contributed by atoms with Crippen LogP contribution in [-0.4, -0.2) is 17.7 Å². The first-order valence-electron chi connectivity index (χ1n) is 11.5. The molecule has 31 heavy (non-hydrogen) atoms. The number of benzene rings is 2. The van der Waals surface area contributed by atoms with E-state index < -0.39 is 5.60 Å². The second kappa shape index (κ2) is 6.31. The Morgan fingerprint density at radius 3 is 2.29 bits per heavy atom. The maximum Gasteiger partial charge on any atom is 0.158 e. The molecule has 0 N–H and O–H groups in total. The maximum atomic E-state index is 6.17. The van der Waals surface area contributed by atoms with Crippen molar-refractivity contribution in [2.45, 2.75) is 50.2 Å². The van der Waals surface area contributed by atoms with Crippen LogP contribution in [0.5, 0.6) is 5.75 Å². The standard InChI is InChI=1S/C26H27NO3S/c1-25(26(30-29-25)19-9-15-8-16(11-19)12-20(26)10-15)18-13-21(28-2)23-22(14-18)31-24(27-23)17-6-4-3-5-7-17/h3-7,13-16,19-20H,8-12H2,1-2H3. The van der Waals surface area contributed by atoms with Crippen LogP contribution in [0.25, 0.3) is 20.8 Å². The summed E-state index contributed by atoms with van der Waals surface area (Å²) in [6.07, 6.45) is 6.62. The molecule has 5 fully saturated rings. The molecule has 0 radical (unpaired) electrons. The van der Waals surface area contributed by atoms with Crippen molar-refractivity contribution in [3.05, 3.63) is 48.0 Å². The average molecular weight is 434 g/mol. The van der Waals surface area contributed by atoms with E-state index in [2.05, 4.69) is 43.3 Å². The predicted octanol–water partition coefficient (Wildman–Crippen LogP) is 6.34. The first-order chi connectivity index (χ1) is 15.1. The molecular weight excluding hydrogens is 406 g/mol. The fraction of sp³-hybridized carbons (Fsp3) is 0.500. The monoisotopic (exact) mass is 433 g/mol. The third-order valence-corrected chi connectivity index (χ3v) is 9.75. The molecule has 2 aromatic carbocycles. The van der Waals surface area contributed by atoms with E-state index in [9.17, 15) is 0 Å². The summed E-state index contributed by atoms with van der Waals surface area (Å²) in [5.41, 5.74) is 2.61. The van der Waals surface area contributed by atoms with Crippen LogP contribution in [0.3, 0.4) is 0 Å². The molecular formula is C26H27NO3S. The van der Waals surface area contributed by atoms with Gasteiger partial charge in [-0.25, -0.2) is 14.8 Å². The number of fused-ring (bicyclic) bond motifs is 1. The van der Waals surface area contributed by atoms with Gasteiger partial charge in [-0.05, 0) is 80.4 Å². The summed E-state index contributed by atoms with van der Waals surface area (Å²) < 4.78 is 6.97. The third-order valence-electron chi connectivity index (χ3n) is 8.69. The highest BCUT2D eigenvalue weighted by molar-refractivity contribution is 7.21. The largest absolute Gasteiger partial charge is 0.494 e. The van der Waals surface area contributed by atoms with Crippen molar-refractivity contribution in [3.63, 3.8) is 0 Å². The van der Waals surface area contributed by atoms with E-state index in [0.29, 0.717) is 11.8 Å². The summed E-state index contributed by atoms with van der Waals surface area (Å²) in [5, 5.41) is 1.02. The van der Waals surface area contributed by atoms with E-state index in [1.807, 2.05) is 6.07 Å². The molecule has 8 rings (SSSR count). The van der Waals surface area contributed by atoms with Crippen LogP contribution in [0.15, 0.2) is 42.5 Å². The van der Waals surface area contributed by atoms with Gasteiger partial charge in [-0.2, -0.15) is 0 Å². The second-order valence-corrected chi connectivity index (χ2v) is 11.2. The normalized spacial score (nSPS) is 38.0. The molecule has 5 heteroatoms. The fourth-order valence-electron chi connectivity index (χ4n) is 7.47. The van der Waals surface area contributed by atoms with Crippen LogP contribution in [-0.2, 0) is 15.4 Å². The quantitative estimate of drug-likeness (QED) is 0.452. The lowest BCUT2D eigenvalue weighted by atomic mass is 9.45. The van der Waals surface area contributed by atoms with Crippen molar-refractivity contribution >= 4 is 21.6 Å².